The number of halogens is 2. The first kappa shape index (κ1) is 14.5. The minimum Gasteiger partial charge on any atom is -0.381 e. The molecule has 0 aliphatic heterocycles. The molecule has 0 fully saturated rings. The highest BCUT2D eigenvalue weighted by Crippen LogP contribution is 2.20. The number of benzene rings is 2. The Bertz CT molecular complexity index is 512. The van der Waals surface area contributed by atoms with E-state index in [1.807, 2.05) is 42.5 Å². The van der Waals surface area contributed by atoms with Crippen molar-refractivity contribution in [1.82, 2.24) is 0 Å². The Morgan fingerprint density at radius 1 is 0.950 bits per heavy atom. The van der Waals surface area contributed by atoms with Crippen molar-refractivity contribution in [3.8, 4) is 0 Å². The van der Waals surface area contributed by atoms with E-state index >= 15 is 0 Å². The molecule has 0 heterocycles. The average Bonchev–Trinajstić information content (AvgIpc) is 2.46. The van der Waals surface area contributed by atoms with Crippen LogP contribution in [0.25, 0.3) is 0 Å². The van der Waals surface area contributed by atoms with E-state index in [4.69, 9.17) is 5.73 Å². The van der Waals surface area contributed by atoms with Crippen molar-refractivity contribution < 1.29 is 8.78 Å². The standard InChI is InChI=1S/C16H18F2N2/c17-16(18)10-15(19)13-6-8-14(9-7-13)20-11-12-4-2-1-3-5-12/h1-9,15-16,20H,10-11,19H2/t15-/m0/s1. The van der Waals surface area contributed by atoms with Crippen molar-refractivity contribution in [3.63, 3.8) is 0 Å². The lowest BCUT2D eigenvalue weighted by atomic mass is 10.0. The van der Waals surface area contributed by atoms with Gasteiger partial charge in [0.1, 0.15) is 0 Å². The van der Waals surface area contributed by atoms with Gasteiger partial charge in [-0.05, 0) is 23.3 Å². The molecule has 0 aromatic heterocycles. The Morgan fingerprint density at radius 2 is 1.60 bits per heavy atom. The Morgan fingerprint density at radius 3 is 2.20 bits per heavy atom. The number of nitrogens with one attached hydrogen (secondary N) is 1. The van der Waals surface area contributed by atoms with Gasteiger partial charge in [-0.25, -0.2) is 8.78 Å². The lowest BCUT2D eigenvalue weighted by Gasteiger charge is -2.12. The Balaban J connectivity index is 1.91. The van der Waals surface area contributed by atoms with Crippen LogP contribution in [0.3, 0.4) is 0 Å². The summed E-state index contributed by atoms with van der Waals surface area (Å²) in [6, 6.07) is 16.7. The van der Waals surface area contributed by atoms with Crippen LogP contribution in [0.2, 0.25) is 0 Å². The number of alkyl halides is 2. The minimum atomic E-state index is -2.37. The monoisotopic (exact) mass is 276 g/mol. The summed E-state index contributed by atoms with van der Waals surface area (Å²) in [6.07, 6.45) is -2.68. The fourth-order valence-electron chi connectivity index (χ4n) is 1.98. The van der Waals surface area contributed by atoms with E-state index in [0.717, 1.165) is 17.8 Å². The van der Waals surface area contributed by atoms with Gasteiger partial charge in [-0.2, -0.15) is 0 Å². The zero-order valence-electron chi connectivity index (χ0n) is 11.1. The Labute approximate surface area is 117 Å². The third kappa shape index (κ3) is 4.31. The van der Waals surface area contributed by atoms with Gasteiger partial charge in [-0.3, -0.25) is 0 Å². The molecule has 2 aromatic rings. The normalized spacial score (nSPS) is 12.4. The second-order valence-corrected chi connectivity index (χ2v) is 4.69. The van der Waals surface area contributed by atoms with E-state index in [2.05, 4.69) is 5.32 Å². The number of hydrogen-bond donors (Lipinski definition) is 2. The van der Waals surface area contributed by atoms with Crippen LogP contribution in [-0.2, 0) is 6.54 Å². The molecule has 0 unspecified atom stereocenters. The SMILES string of the molecule is N[C@@H](CC(F)F)c1ccc(NCc2ccccc2)cc1. The highest BCUT2D eigenvalue weighted by Gasteiger charge is 2.12. The van der Waals surface area contributed by atoms with Gasteiger partial charge < -0.3 is 11.1 Å². The molecule has 0 amide bonds. The van der Waals surface area contributed by atoms with Crippen LogP contribution in [0.5, 0.6) is 0 Å². The zero-order valence-corrected chi connectivity index (χ0v) is 11.1. The molecule has 2 nitrogen and oxygen atoms in total. The van der Waals surface area contributed by atoms with E-state index in [0.29, 0.717) is 0 Å². The van der Waals surface area contributed by atoms with Gasteiger partial charge in [0.2, 0.25) is 6.43 Å². The van der Waals surface area contributed by atoms with Gasteiger partial charge in [0.25, 0.3) is 0 Å². The second kappa shape index (κ2) is 7.01. The lowest BCUT2D eigenvalue weighted by Crippen LogP contribution is -2.13. The summed E-state index contributed by atoms with van der Waals surface area (Å²) in [4.78, 5) is 0. The first-order chi connectivity index (χ1) is 9.65. The molecule has 0 saturated heterocycles. The van der Waals surface area contributed by atoms with E-state index in [9.17, 15) is 8.78 Å². The predicted molar refractivity (Wildman–Crippen MR) is 77.8 cm³/mol. The number of nitrogens with two attached hydrogens (primary N) is 1. The number of anilines is 1. The minimum absolute atomic E-state index is 0.309. The maximum Gasteiger partial charge on any atom is 0.240 e. The largest absolute Gasteiger partial charge is 0.381 e. The first-order valence-corrected chi connectivity index (χ1v) is 6.56. The van der Waals surface area contributed by atoms with E-state index in [1.165, 1.54) is 5.56 Å². The van der Waals surface area contributed by atoms with Crippen LogP contribution in [0, 0.1) is 0 Å². The molecule has 0 aliphatic carbocycles. The molecule has 20 heavy (non-hydrogen) atoms. The van der Waals surface area contributed by atoms with Crippen LogP contribution < -0.4 is 11.1 Å². The van der Waals surface area contributed by atoms with Gasteiger partial charge >= 0.3 is 0 Å². The molecule has 0 radical (unpaired) electrons. The third-order valence-corrected chi connectivity index (χ3v) is 3.11. The summed E-state index contributed by atoms with van der Waals surface area (Å²) in [7, 11) is 0. The summed E-state index contributed by atoms with van der Waals surface area (Å²) in [5.41, 5.74) is 8.57. The fraction of sp³-hybridized carbons (Fsp3) is 0.250. The molecular formula is C16H18F2N2. The molecular weight excluding hydrogens is 258 g/mol. The Kier molecular flexibility index (Phi) is 5.07. The second-order valence-electron chi connectivity index (χ2n) is 4.69. The van der Waals surface area contributed by atoms with Crippen molar-refractivity contribution in [3.05, 3.63) is 65.7 Å². The van der Waals surface area contributed by atoms with E-state index in [1.54, 1.807) is 12.1 Å². The number of rotatable bonds is 6. The van der Waals surface area contributed by atoms with Crippen molar-refractivity contribution in [1.29, 1.82) is 0 Å². The van der Waals surface area contributed by atoms with Gasteiger partial charge in [-0.15, -0.1) is 0 Å². The quantitative estimate of drug-likeness (QED) is 0.838. The van der Waals surface area contributed by atoms with Crippen LogP contribution in [0.1, 0.15) is 23.6 Å². The zero-order chi connectivity index (χ0) is 14.4. The Hall–Kier alpha value is -1.94. The molecule has 2 aromatic carbocycles. The molecule has 0 spiro atoms. The maximum absolute atomic E-state index is 12.3. The highest BCUT2D eigenvalue weighted by molar-refractivity contribution is 5.45. The first-order valence-electron chi connectivity index (χ1n) is 6.56. The number of hydrogen-bond acceptors (Lipinski definition) is 2. The van der Waals surface area contributed by atoms with Gasteiger partial charge in [-0.1, -0.05) is 42.5 Å². The molecule has 0 bridgehead atoms. The maximum atomic E-state index is 12.3. The van der Waals surface area contributed by atoms with E-state index in [-0.39, 0.29) is 6.42 Å². The molecule has 0 saturated carbocycles. The fourth-order valence-corrected chi connectivity index (χ4v) is 1.98. The summed E-state index contributed by atoms with van der Waals surface area (Å²) in [5.74, 6) is 0. The van der Waals surface area contributed by atoms with Gasteiger partial charge in [0, 0.05) is 24.7 Å². The molecule has 106 valence electrons. The van der Waals surface area contributed by atoms with Crippen molar-refractivity contribution in [2.45, 2.75) is 25.4 Å². The van der Waals surface area contributed by atoms with Crippen LogP contribution in [0.4, 0.5) is 14.5 Å². The average molecular weight is 276 g/mol. The van der Waals surface area contributed by atoms with Gasteiger partial charge in [0.05, 0.1) is 0 Å². The van der Waals surface area contributed by atoms with Crippen LogP contribution in [0.15, 0.2) is 54.6 Å². The molecule has 3 N–H and O–H groups in total. The summed E-state index contributed by atoms with van der Waals surface area (Å²) in [5, 5.41) is 3.28. The van der Waals surface area contributed by atoms with Gasteiger partial charge in [0.15, 0.2) is 0 Å². The summed E-state index contributed by atoms with van der Waals surface area (Å²) in [6.45, 7) is 0.725. The smallest absolute Gasteiger partial charge is 0.240 e. The van der Waals surface area contributed by atoms with Crippen LogP contribution in [-0.4, -0.2) is 6.43 Å². The predicted octanol–water partition coefficient (Wildman–Crippen LogP) is 3.95. The van der Waals surface area contributed by atoms with Crippen molar-refractivity contribution in [2.75, 3.05) is 5.32 Å². The third-order valence-electron chi connectivity index (χ3n) is 3.11. The molecule has 0 aliphatic rings. The van der Waals surface area contributed by atoms with Crippen molar-refractivity contribution in [2.24, 2.45) is 5.73 Å². The summed E-state index contributed by atoms with van der Waals surface area (Å²) < 4.78 is 24.5. The van der Waals surface area contributed by atoms with Crippen molar-refractivity contribution >= 4 is 5.69 Å². The van der Waals surface area contributed by atoms with E-state index < -0.39 is 12.5 Å². The molecule has 4 heteroatoms. The summed E-state index contributed by atoms with van der Waals surface area (Å²) >= 11 is 0. The lowest BCUT2D eigenvalue weighted by molar-refractivity contribution is 0.128. The molecule has 2 rings (SSSR count). The highest BCUT2D eigenvalue weighted by atomic mass is 19.3. The molecule has 1 atom stereocenters. The topological polar surface area (TPSA) is 38.0 Å². The van der Waals surface area contributed by atoms with Crippen LogP contribution >= 0.6 is 0 Å².